The van der Waals surface area contributed by atoms with Gasteiger partial charge in [0.1, 0.15) is 0 Å². The lowest BCUT2D eigenvalue weighted by atomic mass is 10.0. The normalized spacial score (nSPS) is 13.1. The highest BCUT2D eigenvalue weighted by molar-refractivity contribution is 5.26. The molecular formula is C17H18F3N. The van der Waals surface area contributed by atoms with E-state index in [2.05, 4.69) is 5.32 Å². The molecule has 2 rings (SSSR count). The lowest BCUT2D eigenvalue weighted by Crippen LogP contribution is -2.26. The second kappa shape index (κ2) is 6.76. The fraction of sp³-hybridized carbons (Fsp3) is 0.294. The van der Waals surface area contributed by atoms with Gasteiger partial charge in [-0.05, 0) is 23.6 Å². The number of aryl methyl sites for hydroxylation is 1. The maximum absolute atomic E-state index is 12.8. The number of halogens is 3. The lowest BCUT2D eigenvalue weighted by Gasteiger charge is -2.21. The number of hydrogen-bond acceptors (Lipinski definition) is 1. The summed E-state index contributed by atoms with van der Waals surface area (Å²) >= 11 is 0. The van der Waals surface area contributed by atoms with Gasteiger partial charge in [-0.25, -0.2) is 0 Å². The molecule has 0 saturated carbocycles. The highest BCUT2D eigenvalue weighted by Gasteiger charge is 2.32. The van der Waals surface area contributed by atoms with Crippen LogP contribution in [-0.4, -0.2) is 6.18 Å². The summed E-state index contributed by atoms with van der Waals surface area (Å²) < 4.78 is 38.3. The summed E-state index contributed by atoms with van der Waals surface area (Å²) in [6.45, 7) is 2.38. The van der Waals surface area contributed by atoms with Crippen molar-refractivity contribution in [2.75, 3.05) is 0 Å². The Morgan fingerprint density at radius 1 is 0.952 bits per heavy atom. The van der Waals surface area contributed by atoms with Crippen LogP contribution < -0.4 is 5.32 Å². The molecule has 0 spiro atoms. The van der Waals surface area contributed by atoms with E-state index in [1.165, 1.54) is 0 Å². The number of nitrogens with one attached hydrogen (secondary N) is 1. The molecule has 1 unspecified atom stereocenters. The Kier molecular flexibility index (Phi) is 5.02. The predicted octanol–water partition coefficient (Wildman–Crippen LogP) is 4.78. The SMILES string of the molecule is Cc1ccccc1CNC(CC(F)(F)F)c1ccccc1. The Bertz CT molecular complexity index is 564. The van der Waals surface area contributed by atoms with Crippen molar-refractivity contribution in [3.05, 3.63) is 71.3 Å². The maximum atomic E-state index is 12.8. The van der Waals surface area contributed by atoms with E-state index >= 15 is 0 Å². The standard InChI is InChI=1S/C17H18F3N/c1-13-7-5-6-10-15(13)12-21-16(11-17(18,19)20)14-8-3-2-4-9-14/h2-10,16,21H,11-12H2,1H3. The van der Waals surface area contributed by atoms with Crippen molar-refractivity contribution in [2.24, 2.45) is 0 Å². The summed E-state index contributed by atoms with van der Waals surface area (Å²) in [5.74, 6) is 0. The fourth-order valence-corrected chi connectivity index (χ4v) is 2.27. The number of alkyl halides is 3. The van der Waals surface area contributed by atoms with Gasteiger partial charge in [0, 0.05) is 12.6 Å². The van der Waals surface area contributed by atoms with Crippen LogP contribution in [0.3, 0.4) is 0 Å². The highest BCUT2D eigenvalue weighted by atomic mass is 19.4. The highest BCUT2D eigenvalue weighted by Crippen LogP contribution is 2.29. The van der Waals surface area contributed by atoms with Crippen molar-refractivity contribution in [3.63, 3.8) is 0 Å². The number of hydrogen-bond donors (Lipinski definition) is 1. The topological polar surface area (TPSA) is 12.0 Å². The van der Waals surface area contributed by atoms with Crippen molar-refractivity contribution in [1.82, 2.24) is 5.32 Å². The molecule has 0 fully saturated rings. The monoisotopic (exact) mass is 293 g/mol. The van der Waals surface area contributed by atoms with E-state index in [1.807, 2.05) is 31.2 Å². The van der Waals surface area contributed by atoms with E-state index in [-0.39, 0.29) is 0 Å². The summed E-state index contributed by atoms with van der Waals surface area (Å²) in [5, 5.41) is 3.03. The molecule has 0 bridgehead atoms. The molecule has 0 aliphatic carbocycles. The second-order valence-electron chi connectivity index (χ2n) is 5.09. The first-order valence-corrected chi connectivity index (χ1v) is 6.85. The molecule has 0 radical (unpaired) electrons. The Hall–Kier alpha value is -1.81. The fourth-order valence-electron chi connectivity index (χ4n) is 2.27. The third-order valence-corrected chi connectivity index (χ3v) is 3.44. The van der Waals surface area contributed by atoms with E-state index < -0.39 is 18.6 Å². The van der Waals surface area contributed by atoms with Crippen molar-refractivity contribution < 1.29 is 13.2 Å². The molecular weight excluding hydrogens is 275 g/mol. The summed E-state index contributed by atoms with van der Waals surface area (Å²) in [6, 6.07) is 15.7. The van der Waals surface area contributed by atoms with Crippen LogP contribution in [0.4, 0.5) is 13.2 Å². The van der Waals surface area contributed by atoms with Crippen LogP contribution in [0.25, 0.3) is 0 Å². The molecule has 1 atom stereocenters. The van der Waals surface area contributed by atoms with Crippen molar-refractivity contribution >= 4 is 0 Å². The molecule has 112 valence electrons. The third-order valence-electron chi connectivity index (χ3n) is 3.44. The molecule has 0 aromatic heterocycles. The minimum atomic E-state index is -4.20. The van der Waals surface area contributed by atoms with E-state index in [1.54, 1.807) is 30.3 Å². The van der Waals surface area contributed by atoms with Crippen LogP contribution >= 0.6 is 0 Å². The summed E-state index contributed by atoms with van der Waals surface area (Å²) in [6.07, 6.45) is -5.07. The molecule has 21 heavy (non-hydrogen) atoms. The second-order valence-corrected chi connectivity index (χ2v) is 5.09. The molecule has 0 heterocycles. The van der Waals surface area contributed by atoms with E-state index in [0.29, 0.717) is 12.1 Å². The molecule has 1 nitrogen and oxygen atoms in total. The lowest BCUT2D eigenvalue weighted by molar-refractivity contribution is -0.140. The molecule has 0 aliphatic heterocycles. The van der Waals surface area contributed by atoms with Crippen LogP contribution in [0.5, 0.6) is 0 Å². The van der Waals surface area contributed by atoms with E-state index in [0.717, 1.165) is 11.1 Å². The van der Waals surface area contributed by atoms with Crippen LogP contribution in [0.2, 0.25) is 0 Å². The first-order valence-electron chi connectivity index (χ1n) is 6.85. The largest absolute Gasteiger partial charge is 0.390 e. The summed E-state index contributed by atoms with van der Waals surface area (Å²) in [4.78, 5) is 0. The van der Waals surface area contributed by atoms with E-state index in [4.69, 9.17) is 0 Å². The van der Waals surface area contributed by atoms with Gasteiger partial charge in [0.2, 0.25) is 0 Å². The van der Waals surface area contributed by atoms with Gasteiger partial charge in [-0.2, -0.15) is 13.2 Å². The molecule has 2 aromatic carbocycles. The Morgan fingerprint density at radius 2 is 1.57 bits per heavy atom. The molecule has 1 N–H and O–H groups in total. The zero-order chi connectivity index (χ0) is 15.3. The Labute approximate surface area is 122 Å². The van der Waals surface area contributed by atoms with Gasteiger partial charge < -0.3 is 5.32 Å². The predicted molar refractivity (Wildman–Crippen MR) is 77.9 cm³/mol. The van der Waals surface area contributed by atoms with Gasteiger partial charge in [-0.15, -0.1) is 0 Å². The van der Waals surface area contributed by atoms with Gasteiger partial charge in [-0.3, -0.25) is 0 Å². The zero-order valence-corrected chi connectivity index (χ0v) is 11.8. The molecule has 2 aromatic rings. The number of benzene rings is 2. The van der Waals surface area contributed by atoms with Crippen LogP contribution in [0.15, 0.2) is 54.6 Å². The minimum Gasteiger partial charge on any atom is -0.306 e. The average Bonchev–Trinajstić information content (AvgIpc) is 2.45. The first-order chi connectivity index (χ1) is 9.96. The van der Waals surface area contributed by atoms with Gasteiger partial charge >= 0.3 is 6.18 Å². The van der Waals surface area contributed by atoms with Crippen LogP contribution in [0, 0.1) is 6.92 Å². The van der Waals surface area contributed by atoms with E-state index in [9.17, 15) is 13.2 Å². The van der Waals surface area contributed by atoms with Crippen LogP contribution in [0.1, 0.15) is 29.2 Å². The molecule has 0 amide bonds. The quantitative estimate of drug-likeness (QED) is 0.836. The molecule has 4 heteroatoms. The summed E-state index contributed by atoms with van der Waals surface area (Å²) in [7, 11) is 0. The smallest absolute Gasteiger partial charge is 0.306 e. The zero-order valence-electron chi connectivity index (χ0n) is 11.8. The van der Waals surface area contributed by atoms with Gasteiger partial charge in [0.25, 0.3) is 0 Å². The Balaban J connectivity index is 2.11. The van der Waals surface area contributed by atoms with Gasteiger partial charge in [-0.1, -0.05) is 54.6 Å². The van der Waals surface area contributed by atoms with Gasteiger partial charge in [0.05, 0.1) is 6.42 Å². The first kappa shape index (κ1) is 15.6. The third kappa shape index (κ3) is 4.90. The van der Waals surface area contributed by atoms with Crippen molar-refractivity contribution in [3.8, 4) is 0 Å². The van der Waals surface area contributed by atoms with Crippen LogP contribution in [-0.2, 0) is 6.54 Å². The Morgan fingerprint density at radius 3 is 2.19 bits per heavy atom. The number of rotatable bonds is 5. The average molecular weight is 293 g/mol. The minimum absolute atomic E-state index is 0.419. The van der Waals surface area contributed by atoms with Crippen molar-refractivity contribution in [2.45, 2.75) is 32.1 Å². The summed E-state index contributed by atoms with van der Waals surface area (Å²) in [5.41, 5.74) is 2.74. The van der Waals surface area contributed by atoms with Gasteiger partial charge in [0.15, 0.2) is 0 Å². The van der Waals surface area contributed by atoms with Crippen molar-refractivity contribution in [1.29, 1.82) is 0 Å². The molecule has 0 saturated heterocycles. The maximum Gasteiger partial charge on any atom is 0.390 e. The molecule has 0 aliphatic rings.